The molecule has 0 fully saturated rings. The highest BCUT2D eigenvalue weighted by Gasteiger charge is 2.10. The topological polar surface area (TPSA) is 42.2 Å². The number of fused-ring (bicyclic) bond motifs is 1. The third-order valence-corrected chi connectivity index (χ3v) is 2.89. The predicted octanol–water partition coefficient (Wildman–Crippen LogP) is 3.30. The first-order valence-electron chi connectivity index (χ1n) is 5.82. The highest BCUT2D eigenvalue weighted by molar-refractivity contribution is 5.94. The number of carbonyl (C=O) groups is 1. The van der Waals surface area contributed by atoms with Gasteiger partial charge in [0.1, 0.15) is 0 Å². The maximum absolute atomic E-state index is 11.0. The minimum Gasteiger partial charge on any atom is -0.478 e. The summed E-state index contributed by atoms with van der Waals surface area (Å²) in [5.41, 5.74) is 2.55. The second-order valence-corrected chi connectivity index (χ2v) is 4.90. The molecule has 0 amide bonds. The summed E-state index contributed by atoms with van der Waals surface area (Å²) >= 11 is 0. The molecule has 1 heterocycles. The zero-order chi connectivity index (χ0) is 12.6. The third kappa shape index (κ3) is 2.18. The molecule has 0 aliphatic rings. The van der Waals surface area contributed by atoms with Crippen LogP contribution in [-0.4, -0.2) is 15.6 Å². The van der Waals surface area contributed by atoms with Crippen LogP contribution in [0, 0.1) is 12.8 Å². The molecule has 17 heavy (non-hydrogen) atoms. The van der Waals surface area contributed by atoms with Crippen molar-refractivity contribution in [3.63, 3.8) is 0 Å². The zero-order valence-electron chi connectivity index (χ0n) is 10.4. The number of hydrogen-bond donors (Lipinski definition) is 1. The quantitative estimate of drug-likeness (QED) is 0.880. The Morgan fingerprint density at radius 1 is 1.41 bits per heavy atom. The van der Waals surface area contributed by atoms with Gasteiger partial charge in [0, 0.05) is 23.6 Å². The van der Waals surface area contributed by atoms with E-state index in [0.29, 0.717) is 11.5 Å². The highest BCUT2D eigenvalue weighted by Crippen LogP contribution is 2.23. The van der Waals surface area contributed by atoms with Crippen LogP contribution in [0.1, 0.15) is 29.8 Å². The number of aromatic carboxylic acids is 1. The molecule has 0 unspecified atom stereocenters. The molecule has 3 heteroatoms. The van der Waals surface area contributed by atoms with Crippen molar-refractivity contribution in [2.45, 2.75) is 27.3 Å². The van der Waals surface area contributed by atoms with E-state index in [9.17, 15) is 4.79 Å². The minimum atomic E-state index is -0.873. The molecule has 0 saturated carbocycles. The van der Waals surface area contributed by atoms with Gasteiger partial charge in [-0.3, -0.25) is 0 Å². The Kier molecular flexibility index (Phi) is 2.92. The molecule has 2 aromatic rings. The van der Waals surface area contributed by atoms with Gasteiger partial charge >= 0.3 is 5.97 Å². The van der Waals surface area contributed by atoms with Gasteiger partial charge in [-0.25, -0.2) is 4.79 Å². The molecule has 0 radical (unpaired) electrons. The lowest BCUT2D eigenvalue weighted by Gasteiger charge is -2.08. The lowest BCUT2D eigenvalue weighted by Crippen LogP contribution is -2.03. The molecule has 1 aromatic carbocycles. The normalized spacial score (nSPS) is 11.3. The average molecular weight is 231 g/mol. The number of rotatable bonds is 3. The molecule has 0 atom stereocenters. The van der Waals surface area contributed by atoms with Crippen LogP contribution in [-0.2, 0) is 6.54 Å². The second-order valence-electron chi connectivity index (χ2n) is 4.90. The van der Waals surface area contributed by atoms with Gasteiger partial charge in [-0.1, -0.05) is 19.9 Å². The lowest BCUT2D eigenvalue weighted by molar-refractivity contribution is 0.0697. The molecule has 0 saturated heterocycles. The lowest BCUT2D eigenvalue weighted by atomic mass is 10.1. The Bertz CT molecular complexity index is 567. The van der Waals surface area contributed by atoms with E-state index in [2.05, 4.69) is 31.5 Å². The summed E-state index contributed by atoms with van der Waals surface area (Å²) in [6.45, 7) is 7.28. The smallest absolute Gasteiger partial charge is 0.335 e. The first-order chi connectivity index (χ1) is 7.99. The maximum atomic E-state index is 11.0. The van der Waals surface area contributed by atoms with Crippen molar-refractivity contribution in [2.24, 2.45) is 5.92 Å². The third-order valence-electron chi connectivity index (χ3n) is 2.89. The molecule has 0 bridgehead atoms. The molecule has 0 aliphatic heterocycles. The summed E-state index contributed by atoms with van der Waals surface area (Å²) in [7, 11) is 0. The van der Waals surface area contributed by atoms with Crippen molar-refractivity contribution in [1.29, 1.82) is 0 Å². The van der Waals surface area contributed by atoms with Crippen LogP contribution in [0.25, 0.3) is 10.9 Å². The van der Waals surface area contributed by atoms with Gasteiger partial charge in [0.2, 0.25) is 0 Å². The summed E-state index contributed by atoms with van der Waals surface area (Å²) in [5.74, 6) is -0.333. The van der Waals surface area contributed by atoms with Gasteiger partial charge < -0.3 is 9.67 Å². The van der Waals surface area contributed by atoms with Crippen molar-refractivity contribution in [3.05, 3.63) is 35.5 Å². The minimum absolute atomic E-state index is 0.348. The number of aryl methyl sites for hydroxylation is 1. The first kappa shape index (κ1) is 11.7. The standard InChI is InChI=1S/C14H17NO2/c1-9(2)7-15-8-10(3)12-5-4-11(14(16)17)6-13(12)15/h4-6,8-9H,7H2,1-3H3,(H,16,17). The van der Waals surface area contributed by atoms with Crippen LogP contribution >= 0.6 is 0 Å². The van der Waals surface area contributed by atoms with Crippen LogP contribution in [0.5, 0.6) is 0 Å². The number of aromatic nitrogens is 1. The Morgan fingerprint density at radius 2 is 2.12 bits per heavy atom. The number of hydrogen-bond acceptors (Lipinski definition) is 1. The highest BCUT2D eigenvalue weighted by atomic mass is 16.4. The van der Waals surface area contributed by atoms with Crippen LogP contribution < -0.4 is 0 Å². The number of carboxylic acids is 1. The Morgan fingerprint density at radius 3 is 2.71 bits per heavy atom. The van der Waals surface area contributed by atoms with E-state index in [1.54, 1.807) is 12.1 Å². The molecule has 1 N–H and O–H groups in total. The molecule has 3 nitrogen and oxygen atoms in total. The predicted molar refractivity (Wildman–Crippen MR) is 68.5 cm³/mol. The molecular weight excluding hydrogens is 214 g/mol. The average Bonchev–Trinajstić information content (AvgIpc) is 2.54. The van der Waals surface area contributed by atoms with Crippen molar-refractivity contribution in [3.8, 4) is 0 Å². The van der Waals surface area contributed by atoms with E-state index in [4.69, 9.17) is 5.11 Å². The summed E-state index contributed by atoms with van der Waals surface area (Å²) in [6.07, 6.45) is 2.09. The van der Waals surface area contributed by atoms with Crippen LogP contribution in [0.15, 0.2) is 24.4 Å². The largest absolute Gasteiger partial charge is 0.478 e. The molecular formula is C14H17NO2. The monoisotopic (exact) mass is 231 g/mol. The molecule has 1 aromatic heterocycles. The van der Waals surface area contributed by atoms with Gasteiger partial charge in [-0.2, -0.15) is 0 Å². The number of nitrogens with zero attached hydrogens (tertiary/aromatic N) is 1. The van der Waals surface area contributed by atoms with Crippen molar-refractivity contribution >= 4 is 16.9 Å². The van der Waals surface area contributed by atoms with Crippen LogP contribution in [0.3, 0.4) is 0 Å². The Hall–Kier alpha value is -1.77. The summed E-state index contributed by atoms with van der Waals surface area (Å²) in [5, 5.41) is 10.1. The van der Waals surface area contributed by atoms with E-state index in [1.165, 1.54) is 5.56 Å². The van der Waals surface area contributed by atoms with E-state index >= 15 is 0 Å². The van der Waals surface area contributed by atoms with Crippen molar-refractivity contribution in [1.82, 2.24) is 4.57 Å². The summed E-state index contributed by atoms with van der Waals surface area (Å²) in [6, 6.07) is 5.31. The van der Waals surface area contributed by atoms with E-state index in [0.717, 1.165) is 17.4 Å². The van der Waals surface area contributed by atoms with Crippen molar-refractivity contribution < 1.29 is 9.90 Å². The maximum Gasteiger partial charge on any atom is 0.335 e. The molecule has 2 rings (SSSR count). The summed E-state index contributed by atoms with van der Waals surface area (Å²) in [4.78, 5) is 11.0. The van der Waals surface area contributed by atoms with Gasteiger partial charge in [0.25, 0.3) is 0 Å². The van der Waals surface area contributed by atoms with Crippen LogP contribution in [0.2, 0.25) is 0 Å². The van der Waals surface area contributed by atoms with E-state index in [1.807, 2.05) is 6.07 Å². The van der Waals surface area contributed by atoms with E-state index < -0.39 is 5.97 Å². The Balaban J connectivity index is 2.60. The van der Waals surface area contributed by atoms with Crippen LogP contribution in [0.4, 0.5) is 0 Å². The zero-order valence-corrected chi connectivity index (χ0v) is 10.4. The SMILES string of the molecule is Cc1cn(CC(C)C)c2cc(C(=O)O)ccc12. The number of carboxylic acid groups (broad SMARTS) is 1. The molecule has 90 valence electrons. The Labute approximate surface area is 101 Å². The van der Waals surface area contributed by atoms with Gasteiger partial charge in [-0.15, -0.1) is 0 Å². The molecule has 0 aliphatic carbocycles. The fourth-order valence-electron chi connectivity index (χ4n) is 2.15. The number of benzene rings is 1. The second kappa shape index (κ2) is 4.24. The molecule has 0 spiro atoms. The van der Waals surface area contributed by atoms with Gasteiger partial charge in [-0.05, 0) is 30.5 Å². The summed E-state index contributed by atoms with van der Waals surface area (Å²) < 4.78 is 2.14. The van der Waals surface area contributed by atoms with Crippen molar-refractivity contribution in [2.75, 3.05) is 0 Å². The first-order valence-corrected chi connectivity index (χ1v) is 5.82. The van der Waals surface area contributed by atoms with E-state index in [-0.39, 0.29) is 0 Å². The van der Waals surface area contributed by atoms with Gasteiger partial charge in [0.05, 0.1) is 5.56 Å². The van der Waals surface area contributed by atoms with Gasteiger partial charge in [0.15, 0.2) is 0 Å². The fraction of sp³-hybridized carbons (Fsp3) is 0.357. The fourth-order valence-corrected chi connectivity index (χ4v) is 2.15.